The molecule has 1 aliphatic rings. The van der Waals surface area contributed by atoms with Crippen molar-refractivity contribution >= 4 is 5.69 Å². The third kappa shape index (κ3) is 3.00. The highest BCUT2D eigenvalue weighted by atomic mass is 16.3. The summed E-state index contributed by atoms with van der Waals surface area (Å²) in [5, 5.41) is 21.6. The number of benzene rings is 1. The summed E-state index contributed by atoms with van der Waals surface area (Å²) in [7, 11) is 0. The van der Waals surface area contributed by atoms with Gasteiger partial charge in [-0.2, -0.15) is 5.26 Å². The molecule has 2 N–H and O–H groups in total. The van der Waals surface area contributed by atoms with Gasteiger partial charge in [-0.1, -0.05) is 12.1 Å². The zero-order valence-electron chi connectivity index (χ0n) is 10.5. The Morgan fingerprint density at radius 2 is 2.28 bits per heavy atom. The van der Waals surface area contributed by atoms with Gasteiger partial charge in [-0.25, -0.2) is 0 Å². The lowest BCUT2D eigenvalue weighted by Gasteiger charge is -2.27. The first-order valence-electron chi connectivity index (χ1n) is 6.43. The Bertz CT molecular complexity index is 427. The molecule has 0 amide bonds. The van der Waals surface area contributed by atoms with Crippen molar-refractivity contribution in [1.82, 2.24) is 5.32 Å². The van der Waals surface area contributed by atoms with E-state index in [-0.39, 0.29) is 6.61 Å². The first-order chi connectivity index (χ1) is 8.85. The average molecular weight is 245 g/mol. The van der Waals surface area contributed by atoms with E-state index < -0.39 is 0 Å². The minimum absolute atomic E-state index is 0.200. The predicted molar refractivity (Wildman–Crippen MR) is 71.5 cm³/mol. The molecular weight excluding hydrogens is 226 g/mol. The lowest BCUT2D eigenvalue weighted by atomic mass is 10.1. The normalized spacial score (nSPS) is 20.2. The number of anilines is 1. The molecule has 0 spiro atoms. The second-order valence-corrected chi connectivity index (χ2v) is 4.59. The Morgan fingerprint density at radius 1 is 1.44 bits per heavy atom. The second-order valence-electron chi connectivity index (χ2n) is 4.59. The molecule has 0 saturated carbocycles. The van der Waals surface area contributed by atoms with Crippen molar-refractivity contribution in [3.05, 3.63) is 29.8 Å². The SMILES string of the molecule is N#Cc1ccccc1N1CCCNC(CCO)C1. The van der Waals surface area contributed by atoms with Crippen LogP contribution in [0.4, 0.5) is 5.69 Å². The maximum Gasteiger partial charge on any atom is 0.101 e. The number of aliphatic hydroxyl groups excluding tert-OH is 1. The lowest BCUT2D eigenvalue weighted by Crippen LogP contribution is -2.38. The molecule has 1 aromatic rings. The molecule has 2 rings (SSSR count). The van der Waals surface area contributed by atoms with Crippen LogP contribution in [0.5, 0.6) is 0 Å². The van der Waals surface area contributed by atoms with Gasteiger partial charge in [0, 0.05) is 25.7 Å². The zero-order chi connectivity index (χ0) is 12.8. The highest BCUT2D eigenvalue weighted by molar-refractivity contribution is 5.59. The Labute approximate surface area is 108 Å². The van der Waals surface area contributed by atoms with E-state index in [1.165, 1.54) is 0 Å². The summed E-state index contributed by atoms with van der Waals surface area (Å²) in [6, 6.07) is 10.3. The molecule has 4 nitrogen and oxygen atoms in total. The number of nitrogens with zero attached hydrogens (tertiary/aromatic N) is 2. The Hall–Kier alpha value is -1.57. The summed E-state index contributed by atoms with van der Waals surface area (Å²) >= 11 is 0. The van der Waals surface area contributed by atoms with Crippen LogP contribution in [0.3, 0.4) is 0 Å². The summed E-state index contributed by atoms with van der Waals surface area (Å²) in [6.45, 7) is 2.97. The van der Waals surface area contributed by atoms with E-state index in [1.807, 2.05) is 24.3 Å². The minimum Gasteiger partial charge on any atom is -0.396 e. The predicted octanol–water partition coefficient (Wildman–Crippen LogP) is 1.11. The van der Waals surface area contributed by atoms with Crippen LogP contribution in [-0.2, 0) is 0 Å². The fourth-order valence-corrected chi connectivity index (χ4v) is 2.41. The van der Waals surface area contributed by atoms with E-state index >= 15 is 0 Å². The number of nitrogens with one attached hydrogen (secondary N) is 1. The van der Waals surface area contributed by atoms with Gasteiger partial charge in [0.15, 0.2) is 0 Å². The number of rotatable bonds is 3. The average Bonchev–Trinajstić information content (AvgIpc) is 2.65. The van der Waals surface area contributed by atoms with Crippen molar-refractivity contribution < 1.29 is 5.11 Å². The standard InChI is InChI=1S/C14H19N3O/c15-10-12-4-1-2-5-14(12)17-8-3-7-16-13(11-17)6-9-18/h1-2,4-5,13,16,18H,3,6-9,11H2. The molecule has 1 heterocycles. The van der Waals surface area contributed by atoms with E-state index in [1.54, 1.807) is 0 Å². The highest BCUT2D eigenvalue weighted by Crippen LogP contribution is 2.21. The molecule has 18 heavy (non-hydrogen) atoms. The monoisotopic (exact) mass is 245 g/mol. The largest absolute Gasteiger partial charge is 0.396 e. The summed E-state index contributed by atoms with van der Waals surface area (Å²) in [5.41, 5.74) is 1.73. The van der Waals surface area contributed by atoms with Crippen LogP contribution >= 0.6 is 0 Å². The van der Waals surface area contributed by atoms with Crippen LogP contribution in [0.2, 0.25) is 0 Å². The highest BCUT2D eigenvalue weighted by Gasteiger charge is 2.19. The molecule has 0 aliphatic carbocycles. The first kappa shape index (κ1) is 12.9. The number of hydrogen-bond acceptors (Lipinski definition) is 4. The van der Waals surface area contributed by atoms with E-state index in [9.17, 15) is 0 Å². The fourth-order valence-electron chi connectivity index (χ4n) is 2.41. The lowest BCUT2D eigenvalue weighted by molar-refractivity contribution is 0.267. The van der Waals surface area contributed by atoms with Gasteiger partial charge in [-0.05, 0) is 31.5 Å². The van der Waals surface area contributed by atoms with Crippen molar-refractivity contribution in [2.24, 2.45) is 0 Å². The van der Waals surface area contributed by atoms with Crippen molar-refractivity contribution in [2.45, 2.75) is 18.9 Å². The molecule has 0 radical (unpaired) electrons. The van der Waals surface area contributed by atoms with Crippen molar-refractivity contribution in [2.75, 3.05) is 31.1 Å². The van der Waals surface area contributed by atoms with Crippen molar-refractivity contribution in [3.8, 4) is 6.07 Å². The van der Waals surface area contributed by atoms with Crippen molar-refractivity contribution in [1.29, 1.82) is 5.26 Å². The summed E-state index contributed by atoms with van der Waals surface area (Å²) in [4.78, 5) is 2.25. The molecule has 1 saturated heterocycles. The van der Waals surface area contributed by atoms with E-state index in [4.69, 9.17) is 10.4 Å². The summed E-state index contributed by atoms with van der Waals surface area (Å²) in [6.07, 6.45) is 1.81. The van der Waals surface area contributed by atoms with Crippen LogP contribution in [0.15, 0.2) is 24.3 Å². The maximum atomic E-state index is 9.16. The Balaban J connectivity index is 2.17. The topological polar surface area (TPSA) is 59.3 Å². The van der Waals surface area contributed by atoms with Gasteiger partial charge < -0.3 is 15.3 Å². The van der Waals surface area contributed by atoms with Gasteiger partial charge in [0.1, 0.15) is 6.07 Å². The molecular formula is C14H19N3O. The van der Waals surface area contributed by atoms with Crippen LogP contribution < -0.4 is 10.2 Å². The smallest absolute Gasteiger partial charge is 0.101 e. The molecule has 96 valence electrons. The number of nitriles is 1. The van der Waals surface area contributed by atoms with Gasteiger partial charge in [-0.15, -0.1) is 0 Å². The quantitative estimate of drug-likeness (QED) is 0.837. The Morgan fingerprint density at radius 3 is 3.06 bits per heavy atom. The van der Waals surface area contributed by atoms with Gasteiger partial charge in [0.25, 0.3) is 0 Å². The maximum absolute atomic E-state index is 9.16. The van der Waals surface area contributed by atoms with E-state index in [2.05, 4.69) is 16.3 Å². The molecule has 1 unspecified atom stereocenters. The van der Waals surface area contributed by atoms with Gasteiger partial charge in [0.05, 0.1) is 11.3 Å². The molecule has 1 aromatic carbocycles. The van der Waals surface area contributed by atoms with E-state index in [0.717, 1.165) is 43.7 Å². The molecule has 1 aliphatic heterocycles. The fraction of sp³-hybridized carbons (Fsp3) is 0.500. The van der Waals surface area contributed by atoms with Crippen LogP contribution in [0, 0.1) is 11.3 Å². The summed E-state index contributed by atoms with van der Waals surface area (Å²) < 4.78 is 0. The van der Waals surface area contributed by atoms with Gasteiger partial charge >= 0.3 is 0 Å². The minimum atomic E-state index is 0.200. The van der Waals surface area contributed by atoms with Crippen molar-refractivity contribution in [3.63, 3.8) is 0 Å². The third-order valence-electron chi connectivity index (χ3n) is 3.32. The first-order valence-corrected chi connectivity index (χ1v) is 6.43. The molecule has 1 fully saturated rings. The zero-order valence-corrected chi connectivity index (χ0v) is 10.5. The molecule has 1 atom stereocenters. The van der Waals surface area contributed by atoms with Crippen LogP contribution in [-0.4, -0.2) is 37.4 Å². The van der Waals surface area contributed by atoms with Gasteiger partial charge in [0.2, 0.25) is 0 Å². The van der Waals surface area contributed by atoms with Gasteiger partial charge in [-0.3, -0.25) is 0 Å². The summed E-state index contributed by atoms with van der Waals surface area (Å²) in [5.74, 6) is 0. The van der Waals surface area contributed by atoms with Crippen LogP contribution in [0.25, 0.3) is 0 Å². The number of para-hydroxylation sites is 1. The third-order valence-corrected chi connectivity index (χ3v) is 3.32. The molecule has 0 bridgehead atoms. The van der Waals surface area contributed by atoms with E-state index in [0.29, 0.717) is 6.04 Å². The van der Waals surface area contributed by atoms with Crippen LogP contribution in [0.1, 0.15) is 18.4 Å². The second kappa shape index (κ2) is 6.39. The molecule has 4 heteroatoms. The number of hydrogen-bond donors (Lipinski definition) is 2. The number of aliphatic hydroxyl groups is 1. The Kier molecular flexibility index (Phi) is 4.57. The molecule has 0 aromatic heterocycles.